The second-order valence-electron chi connectivity index (χ2n) is 3.92. The van der Waals surface area contributed by atoms with Crippen LogP contribution in [0.3, 0.4) is 0 Å². The van der Waals surface area contributed by atoms with Gasteiger partial charge < -0.3 is 16.2 Å². The maximum absolute atomic E-state index is 10.9. The Kier molecular flexibility index (Phi) is 4.61. The summed E-state index contributed by atoms with van der Waals surface area (Å²) in [4.78, 5) is 21.2. The molecule has 0 saturated heterocycles. The molecule has 0 aliphatic heterocycles. The summed E-state index contributed by atoms with van der Waals surface area (Å²) < 4.78 is 0. The zero-order valence-corrected chi connectivity index (χ0v) is 9.92. The van der Waals surface area contributed by atoms with Gasteiger partial charge in [-0.05, 0) is 25.5 Å². The van der Waals surface area contributed by atoms with Crippen molar-refractivity contribution < 1.29 is 14.8 Å². The zero-order valence-electron chi connectivity index (χ0n) is 9.92. The minimum absolute atomic E-state index is 0.0859. The molecule has 98 valence electrons. The van der Waals surface area contributed by atoms with Crippen LogP contribution in [-0.4, -0.2) is 28.6 Å². The fourth-order valence-corrected chi connectivity index (χ4v) is 1.40. The monoisotopic (exact) mass is 253 g/mol. The molecule has 0 spiro atoms. The summed E-state index contributed by atoms with van der Waals surface area (Å²) in [6, 6.07) is 3.98. The molecule has 0 heterocycles. The van der Waals surface area contributed by atoms with Gasteiger partial charge in [0.1, 0.15) is 5.69 Å². The van der Waals surface area contributed by atoms with Gasteiger partial charge in [-0.3, -0.25) is 14.9 Å². The summed E-state index contributed by atoms with van der Waals surface area (Å²) in [5.41, 5.74) is 5.23. The van der Waals surface area contributed by atoms with Crippen LogP contribution in [0.2, 0.25) is 0 Å². The first kappa shape index (κ1) is 13.9. The number of anilines is 1. The van der Waals surface area contributed by atoms with Gasteiger partial charge in [0, 0.05) is 18.2 Å². The molecule has 0 bridgehead atoms. The van der Waals surface area contributed by atoms with E-state index in [1.807, 2.05) is 0 Å². The fraction of sp³-hybridized carbons (Fsp3) is 0.364. The molecule has 1 unspecified atom stereocenters. The molecule has 1 aromatic rings. The van der Waals surface area contributed by atoms with Crippen molar-refractivity contribution in [2.24, 2.45) is 5.73 Å². The van der Waals surface area contributed by atoms with Gasteiger partial charge in [-0.2, -0.15) is 0 Å². The summed E-state index contributed by atoms with van der Waals surface area (Å²) >= 11 is 0. The van der Waals surface area contributed by atoms with Crippen molar-refractivity contribution in [3.05, 3.63) is 33.9 Å². The minimum Gasteiger partial charge on any atom is -0.393 e. The number of benzene rings is 1. The number of carbonyl (C=O) groups excluding carboxylic acids is 1. The van der Waals surface area contributed by atoms with E-state index in [1.54, 1.807) is 6.92 Å². The molecule has 0 aromatic heterocycles. The second-order valence-corrected chi connectivity index (χ2v) is 3.92. The van der Waals surface area contributed by atoms with Crippen LogP contribution in [0.5, 0.6) is 0 Å². The number of aliphatic hydroxyl groups is 1. The molecule has 1 aromatic carbocycles. The van der Waals surface area contributed by atoms with Crippen molar-refractivity contribution in [1.29, 1.82) is 0 Å². The first-order valence-electron chi connectivity index (χ1n) is 5.42. The summed E-state index contributed by atoms with van der Waals surface area (Å²) in [5, 5.41) is 22.8. The molecule has 0 aliphatic rings. The standard InChI is InChI=1S/C11H15N3O4/c1-7(15)4-5-13-9-3-2-8(11(12)16)6-10(9)14(17)18/h2-3,6-7,13,15H,4-5H2,1H3,(H2,12,16). The second kappa shape index (κ2) is 5.97. The normalized spacial score (nSPS) is 11.9. The summed E-state index contributed by atoms with van der Waals surface area (Å²) in [7, 11) is 0. The lowest BCUT2D eigenvalue weighted by Gasteiger charge is -2.09. The highest BCUT2D eigenvalue weighted by molar-refractivity contribution is 5.94. The van der Waals surface area contributed by atoms with Crippen LogP contribution in [0.1, 0.15) is 23.7 Å². The lowest BCUT2D eigenvalue weighted by atomic mass is 10.1. The fourth-order valence-electron chi connectivity index (χ4n) is 1.40. The number of amides is 1. The maximum Gasteiger partial charge on any atom is 0.293 e. The first-order valence-corrected chi connectivity index (χ1v) is 5.42. The van der Waals surface area contributed by atoms with Crippen molar-refractivity contribution >= 4 is 17.3 Å². The number of hydrogen-bond donors (Lipinski definition) is 3. The van der Waals surface area contributed by atoms with E-state index in [9.17, 15) is 14.9 Å². The topological polar surface area (TPSA) is 118 Å². The highest BCUT2D eigenvalue weighted by Gasteiger charge is 2.16. The Bertz CT molecular complexity index is 460. The highest BCUT2D eigenvalue weighted by atomic mass is 16.6. The Hall–Kier alpha value is -2.15. The smallest absolute Gasteiger partial charge is 0.293 e. The number of nitro benzene ring substituents is 1. The third kappa shape index (κ3) is 3.70. The van der Waals surface area contributed by atoms with E-state index in [-0.39, 0.29) is 11.3 Å². The van der Waals surface area contributed by atoms with E-state index in [0.29, 0.717) is 18.7 Å². The molecular formula is C11H15N3O4. The molecule has 18 heavy (non-hydrogen) atoms. The summed E-state index contributed by atoms with van der Waals surface area (Å²) in [6.07, 6.45) is -0.0178. The summed E-state index contributed by atoms with van der Waals surface area (Å²) in [5.74, 6) is -0.714. The van der Waals surface area contributed by atoms with Crippen molar-refractivity contribution in [2.75, 3.05) is 11.9 Å². The van der Waals surface area contributed by atoms with Crippen LogP contribution in [0.4, 0.5) is 11.4 Å². The van der Waals surface area contributed by atoms with Crippen molar-refractivity contribution in [3.8, 4) is 0 Å². The third-order valence-corrected chi connectivity index (χ3v) is 2.36. The van der Waals surface area contributed by atoms with Crippen molar-refractivity contribution in [3.63, 3.8) is 0 Å². The SMILES string of the molecule is CC(O)CCNc1ccc(C(N)=O)cc1[N+](=O)[O-]. The van der Waals surface area contributed by atoms with Crippen LogP contribution < -0.4 is 11.1 Å². The molecule has 4 N–H and O–H groups in total. The number of nitrogens with one attached hydrogen (secondary N) is 1. The predicted molar refractivity (Wildman–Crippen MR) is 66.4 cm³/mol. The van der Waals surface area contributed by atoms with Crippen LogP contribution in [0.25, 0.3) is 0 Å². The number of carbonyl (C=O) groups is 1. The van der Waals surface area contributed by atoms with Crippen LogP contribution >= 0.6 is 0 Å². The van der Waals surface area contributed by atoms with E-state index >= 15 is 0 Å². The van der Waals surface area contributed by atoms with Gasteiger partial charge in [0.25, 0.3) is 5.69 Å². The number of nitrogens with zero attached hydrogens (tertiary/aromatic N) is 1. The van der Waals surface area contributed by atoms with Gasteiger partial charge in [0.05, 0.1) is 11.0 Å². The molecule has 0 radical (unpaired) electrons. The lowest BCUT2D eigenvalue weighted by molar-refractivity contribution is -0.384. The molecule has 1 amide bonds. The Morgan fingerprint density at radius 3 is 2.78 bits per heavy atom. The van der Waals surface area contributed by atoms with Gasteiger partial charge in [0.2, 0.25) is 5.91 Å². The average molecular weight is 253 g/mol. The van der Waals surface area contributed by atoms with E-state index < -0.39 is 16.9 Å². The van der Waals surface area contributed by atoms with E-state index in [2.05, 4.69) is 5.32 Å². The van der Waals surface area contributed by atoms with Gasteiger partial charge in [0.15, 0.2) is 0 Å². The Morgan fingerprint density at radius 2 is 2.28 bits per heavy atom. The van der Waals surface area contributed by atoms with Crippen LogP contribution in [0, 0.1) is 10.1 Å². The van der Waals surface area contributed by atoms with E-state index in [4.69, 9.17) is 10.8 Å². The Balaban J connectivity index is 2.90. The molecule has 7 heteroatoms. The van der Waals surface area contributed by atoms with Crippen molar-refractivity contribution in [1.82, 2.24) is 0 Å². The Morgan fingerprint density at radius 1 is 1.61 bits per heavy atom. The van der Waals surface area contributed by atoms with Gasteiger partial charge >= 0.3 is 0 Å². The molecule has 0 fully saturated rings. The number of rotatable bonds is 6. The van der Waals surface area contributed by atoms with Crippen molar-refractivity contribution in [2.45, 2.75) is 19.4 Å². The molecular weight excluding hydrogens is 238 g/mol. The summed E-state index contributed by atoms with van der Waals surface area (Å²) in [6.45, 7) is 2.03. The van der Waals surface area contributed by atoms with Gasteiger partial charge in [-0.15, -0.1) is 0 Å². The quantitative estimate of drug-likeness (QED) is 0.513. The molecule has 0 saturated carbocycles. The van der Waals surface area contributed by atoms with Crippen LogP contribution in [-0.2, 0) is 0 Å². The minimum atomic E-state index is -0.714. The first-order chi connectivity index (χ1) is 8.41. The predicted octanol–water partition coefficient (Wildman–Crippen LogP) is 0.877. The lowest BCUT2D eigenvalue weighted by Crippen LogP contribution is -2.13. The molecule has 1 rings (SSSR count). The molecule has 7 nitrogen and oxygen atoms in total. The molecule has 0 aliphatic carbocycles. The number of aliphatic hydroxyl groups excluding tert-OH is 1. The zero-order chi connectivity index (χ0) is 13.7. The van der Waals surface area contributed by atoms with Gasteiger partial charge in [-0.1, -0.05) is 0 Å². The number of hydrogen-bond acceptors (Lipinski definition) is 5. The average Bonchev–Trinajstić information content (AvgIpc) is 2.28. The number of nitrogens with two attached hydrogens (primary N) is 1. The third-order valence-electron chi connectivity index (χ3n) is 2.36. The van der Waals surface area contributed by atoms with E-state index in [1.165, 1.54) is 12.1 Å². The Labute approximate surface area is 104 Å². The highest BCUT2D eigenvalue weighted by Crippen LogP contribution is 2.25. The maximum atomic E-state index is 10.9. The molecule has 1 atom stereocenters. The van der Waals surface area contributed by atoms with Crippen LogP contribution in [0.15, 0.2) is 18.2 Å². The largest absolute Gasteiger partial charge is 0.393 e. The number of primary amides is 1. The van der Waals surface area contributed by atoms with E-state index in [0.717, 1.165) is 6.07 Å². The number of nitro groups is 1. The van der Waals surface area contributed by atoms with Gasteiger partial charge in [-0.25, -0.2) is 0 Å².